The Bertz CT molecular complexity index is 127. The second kappa shape index (κ2) is 10.7. The van der Waals surface area contributed by atoms with Crippen LogP contribution in [0.2, 0.25) is 0 Å². The van der Waals surface area contributed by atoms with Gasteiger partial charge in [0.05, 0.1) is 5.09 Å². The van der Waals surface area contributed by atoms with Crippen LogP contribution >= 0.6 is 0 Å². The zero-order valence-corrected chi connectivity index (χ0v) is 8.15. The average Bonchev–Trinajstić information content (AvgIpc) is 2.13. The summed E-state index contributed by atoms with van der Waals surface area (Å²) in [5, 5.41) is 14.8. The van der Waals surface area contributed by atoms with Crippen molar-refractivity contribution in [2.24, 2.45) is 0 Å². The Morgan fingerprint density at radius 1 is 1.00 bits per heavy atom. The Kier molecular flexibility index (Phi) is 12.7. The number of rotatable bonds is 0. The van der Waals surface area contributed by atoms with Crippen molar-refractivity contribution in [2.45, 2.75) is 32.1 Å². The summed E-state index contributed by atoms with van der Waals surface area (Å²) in [6, 6.07) is 0. The van der Waals surface area contributed by atoms with Crippen LogP contribution in [0.1, 0.15) is 32.1 Å². The first kappa shape index (κ1) is 14.2. The Balaban J connectivity index is 0. The molecule has 0 saturated carbocycles. The third-order valence-electron chi connectivity index (χ3n) is 1.41. The number of allylic oxidation sites excluding steroid dienone is 2. The summed E-state index contributed by atoms with van der Waals surface area (Å²) in [6.45, 7) is 0. The first-order valence-electron chi connectivity index (χ1n) is 3.70. The second-order valence-electron chi connectivity index (χ2n) is 2.33. The van der Waals surface area contributed by atoms with Crippen LogP contribution in [0.5, 0.6) is 0 Å². The molecule has 0 bridgehead atoms. The van der Waals surface area contributed by atoms with Crippen LogP contribution in [-0.2, 0) is 22.4 Å². The van der Waals surface area contributed by atoms with Gasteiger partial charge in [-0.1, -0.05) is 18.6 Å². The van der Waals surface area contributed by atoms with Crippen molar-refractivity contribution in [2.75, 3.05) is 0 Å². The van der Waals surface area contributed by atoms with Gasteiger partial charge in [-0.05, 0) is 25.7 Å². The maximum absolute atomic E-state index is 8.25. The molecule has 12 heavy (non-hydrogen) atoms. The van der Waals surface area contributed by atoms with E-state index < -0.39 is 5.09 Å². The second-order valence-corrected chi connectivity index (χ2v) is 2.33. The van der Waals surface area contributed by atoms with Crippen molar-refractivity contribution in [3.63, 3.8) is 0 Å². The molecule has 5 heteroatoms. The molecule has 0 unspecified atom stereocenters. The van der Waals surface area contributed by atoms with Gasteiger partial charge in [-0.25, -0.2) is 0 Å². The van der Waals surface area contributed by atoms with E-state index >= 15 is 0 Å². The molecule has 1 aliphatic carbocycles. The van der Waals surface area contributed by atoms with Gasteiger partial charge in [-0.2, -0.15) is 0 Å². The van der Waals surface area contributed by atoms with E-state index in [-0.39, 0.29) is 22.4 Å². The minimum absolute atomic E-state index is 0. The molecule has 0 N–H and O–H groups in total. The zero-order chi connectivity index (χ0) is 8.53. The molecule has 0 spiro atoms. The van der Waals surface area contributed by atoms with E-state index in [0.29, 0.717) is 0 Å². The topological polar surface area (TPSA) is 66.2 Å². The van der Waals surface area contributed by atoms with E-state index in [1.54, 1.807) is 0 Å². The van der Waals surface area contributed by atoms with E-state index in [9.17, 15) is 0 Å². The number of hydrogen-bond donors (Lipinski definition) is 0. The van der Waals surface area contributed by atoms with Crippen LogP contribution < -0.4 is 0 Å². The summed E-state index contributed by atoms with van der Waals surface area (Å²) in [4.78, 5) is 8.25. The molecule has 0 radical (unpaired) electrons. The van der Waals surface area contributed by atoms with Gasteiger partial charge in [0.2, 0.25) is 0 Å². The molecule has 4 nitrogen and oxygen atoms in total. The molecule has 0 amide bonds. The normalized spacial score (nSPS) is 14.7. The van der Waals surface area contributed by atoms with Crippen molar-refractivity contribution in [1.82, 2.24) is 0 Å². The molecule has 0 aromatic carbocycles. The van der Waals surface area contributed by atoms with Crippen LogP contribution in [0.15, 0.2) is 12.2 Å². The van der Waals surface area contributed by atoms with Gasteiger partial charge in [0.25, 0.3) is 0 Å². The molecule has 1 rings (SSSR count). The van der Waals surface area contributed by atoms with Crippen molar-refractivity contribution >= 4 is 0 Å². The molecule has 0 heterocycles. The monoisotopic (exact) mass is 265 g/mol. The van der Waals surface area contributed by atoms with Gasteiger partial charge in [0, 0.05) is 0 Å². The van der Waals surface area contributed by atoms with Gasteiger partial charge in [0.15, 0.2) is 0 Å². The van der Waals surface area contributed by atoms with E-state index in [4.69, 9.17) is 15.3 Å². The van der Waals surface area contributed by atoms with Crippen molar-refractivity contribution in [1.29, 1.82) is 0 Å². The summed E-state index contributed by atoms with van der Waals surface area (Å²) < 4.78 is 0. The molecule has 0 atom stereocenters. The fourth-order valence-electron chi connectivity index (χ4n) is 0.937. The Labute approximate surface area is 87.3 Å². The Hall–Kier alpha value is -0.320. The van der Waals surface area contributed by atoms with E-state index in [1.165, 1.54) is 32.1 Å². The molecule has 0 aliphatic heterocycles. The maximum atomic E-state index is 8.25. The Morgan fingerprint density at radius 3 is 1.67 bits per heavy atom. The summed E-state index contributed by atoms with van der Waals surface area (Å²) in [6.07, 6.45) is 11.5. The molecule has 0 aromatic rings. The Morgan fingerprint density at radius 2 is 1.33 bits per heavy atom. The molecule has 1 aliphatic rings. The SMILES string of the molecule is C1=CCCCCC1.O=[N+]([O-])[O-].[Ag+]. The molecular weight excluding hydrogens is 254 g/mol. The summed E-state index contributed by atoms with van der Waals surface area (Å²) in [7, 11) is 0. The van der Waals surface area contributed by atoms with Crippen LogP contribution in [0.3, 0.4) is 0 Å². The summed E-state index contributed by atoms with van der Waals surface area (Å²) >= 11 is 0. The predicted molar refractivity (Wildman–Crippen MR) is 42.6 cm³/mol. The standard InChI is InChI=1S/C7H12.Ag.NO3/c1-2-4-6-7-5-3-1;;2-1(3)4/h1-2H,3-7H2;;/q;+1;-1. The first-order chi connectivity index (χ1) is 5.23. The molecular formula is C7H12AgNO3. The van der Waals surface area contributed by atoms with Crippen LogP contribution in [0.4, 0.5) is 0 Å². The summed E-state index contributed by atoms with van der Waals surface area (Å²) in [5.74, 6) is 0. The predicted octanol–water partition coefficient (Wildman–Crippen LogP) is 2.27. The van der Waals surface area contributed by atoms with E-state index in [1.807, 2.05) is 0 Å². The van der Waals surface area contributed by atoms with Crippen molar-refractivity contribution < 1.29 is 27.5 Å². The van der Waals surface area contributed by atoms with E-state index in [2.05, 4.69) is 12.2 Å². The van der Waals surface area contributed by atoms with Gasteiger partial charge in [0.1, 0.15) is 0 Å². The van der Waals surface area contributed by atoms with Crippen molar-refractivity contribution in [3.05, 3.63) is 27.5 Å². The molecule has 0 fully saturated rings. The minimum Gasteiger partial charge on any atom is -0.356 e. The zero-order valence-electron chi connectivity index (χ0n) is 6.66. The molecule has 0 aromatic heterocycles. The van der Waals surface area contributed by atoms with Gasteiger partial charge in [-0.3, -0.25) is 0 Å². The van der Waals surface area contributed by atoms with Crippen LogP contribution in [0.25, 0.3) is 0 Å². The third-order valence-corrected chi connectivity index (χ3v) is 1.41. The van der Waals surface area contributed by atoms with Crippen LogP contribution in [-0.4, -0.2) is 5.09 Å². The van der Waals surface area contributed by atoms with Crippen LogP contribution in [0, 0.1) is 15.3 Å². The van der Waals surface area contributed by atoms with E-state index in [0.717, 1.165) is 0 Å². The fourth-order valence-corrected chi connectivity index (χ4v) is 0.937. The van der Waals surface area contributed by atoms with Gasteiger partial charge >= 0.3 is 22.4 Å². The quantitative estimate of drug-likeness (QED) is 0.292. The molecule has 0 saturated heterocycles. The van der Waals surface area contributed by atoms with Crippen molar-refractivity contribution in [3.8, 4) is 0 Å². The largest absolute Gasteiger partial charge is 1.00 e. The summed E-state index contributed by atoms with van der Waals surface area (Å²) in [5.41, 5.74) is 0. The fraction of sp³-hybridized carbons (Fsp3) is 0.714. The smallest absolute Gasteiger partial charge is 0.356 e. The minimum atomic E-state index is -1.75. The van der Waals surface area contributed by atoms with Gasteiger partial charge < -0.3 is 15.3 Å². The third kappa shape index (κ3) is 16.3. The maximum Gasteiger partial charge on any atom is 1.00 e. The average molecular weight is 266 g/mol. The first-order valence-corrected chi connectivity index (χ1v) is 3.70. The van der Waals surface area contributed by atoms with Gasteiger partial charge in [-0.15, -0.1) is 0 Å². The number of nitrogens with zero attached hydrogens (tertiary/aromatic N) is 1. The molecule has 74 valence electrons. The number of hydrogen-bond acceptors (Lipinski definition) is 3.